The number of halogens is 6. The Hall–Kier alpha value is -3.46. The molecule has 3 nitrogen and oxygen atoms in total. The summed E-state index contributed by atoms with van der Waals surface area (Å²) in [6.45, 7) is 7.74. The number of hydrogen-bond donors (Lipinski definition) is 0. The highest BCUT2D eigenvalue weighted by atomic mass is 19.4. The summed E-state index contributed by atoms with van der Waals surface area (Å²) < 4.78 is 106. The van der Waals surface area contributed by atoms with Gasteiger partial charge in [-0.25, -0.2) is 0 Å². The molecule has 0 bridgehead atoms. The minimum atomic E-state index is -4.65. The minimum Gasteiger partial charge on any atom is -0.490 e. The van der Waals surface area contributed by atoms with Crippen LogP contribution in [0.25, 0.3) is 21.5 Å². The monoisotopic (exact) mass is 686 g/mol. The molecule has 2 saturated carbocycles. The standard InChI is InChI=1S/C40H44F6O3/c1-23-5-15-31(16-6-23)48-35-19-13-27-9-11-29(21-33(27)37(35)39(41,42)43)25(3)47-26(4)30-12-10-28-14-20-36(38(34(28)22-30)40(44,45)46)49-32-17-7-24(2)8-18-32/h9-14,19-26,31-32H,5-8,15-18H2,1-4H3. The summed E-state index contributed by atoms with van der Waals surface area (Å²) in [4.78, 5) is 0. The van der Waals surface area contributed by atoms with Crippen molar-refractivity contribution >= 4 is 21.5 Å². The van der Waals surface area contributed by atoms with Crippen molar-refractivity contribution in [3.05, 3.63) is 82.9 Å². The molecule has 0 amide bonds. The third-order valence-electron chi connectivity index (χ3n) is 10.4. The van der Waals surface area contributed by atoms with E-state index in [4.69, 9.17) is 14.2 Å². The van der Waals surface area contributed by atoms with Crippen LogP contribution in [0.5, 0.6) is 11.5 Å². The van der Waals surface area contributed by atoms with Gasteiger partial charge in [0, 0.05) is 0 Å². The Kier molecular flexibility index (Phi) is 10.1. The van der Waals surface area contributed by atoms with Crippen molar-refractivity contribution in [2.45, 2.75) is 116 Å². The lowest BCUT2D eigenvalue weighted by Gasteiger charge is -2.28. The molecule has 0 aromatic heterocycles. The second-order valence-corrected chi connectivity index (χ2v) is 14.3. The van der Waals surface area contributed by atoms with Gasteiger partial charge < -0.3 is 14.2 Å². The minimum absolute atomic E-state index is 0.0234. The van der Waals surface area contributed by atoms with Crippen molar-refractivity contribution in [3.63, 3.8) is 0 Å². The van der Waals surface area contributed by atoms with E-state index >= 15 is 0 Å². The third kappa shape index (κ3) is 7.97. The topological polar surface area (TPSA) is 27.7 Å². The van der Waals surface area contributed by atoms with Gasteiger partial charge in [0.05, 0.1) is 24.4 Å². The maximum Gasteiger partial charge on any atom is 0.420 e. The quantitative estimate of drug-likeness (QED) is 0.173. The molecule has 0 radical (unpaired) electrons. The van der Waals surface area contributed by atoms with Crippen molar-refractivity contribution in [2.24, 2.45) is 11.8 Å². The van der Waals surface area contributed by atoms with Gasteiger partial charge in [0.15, 0.2) is 0 Å². The van der Waals surface area contributed by atoms with E-state index in [2.05, 4.69) is 13.8 Å². The van der Waals surface area contributed by atoms with Crippen LogP contribution in [0.3, 0.4) is 0 Å². The van der Waals surface area contributed by atoms with Crippen molar-refractivity contribution in [3.8, 4) is 11.5 Å². The molecule has 0 aliphatic heterocycles. The van der Waals surface area contributed by atoms with Crippen LogP contribution in [0.15, 0.2) is 60.7 Å². The molecule has 0 spiro atoms. The first kappa shape index (κ1) is 35.4. The molecule has 9 heteroatoms. The lowest BCUT2D eigenvalue weighted by molar-refractivity contribution is -0.139. The van der Waals surface area contributed by atoms with Crippen LogP contribution < -0.4 is 9.47 Å². The molecule has 2 fully saturated rings. The molecule has 0 saturated heterocycles. The van der Waals surface area contributed by atoms with E-state index in [0.717, 1.165) is 25.7 Å². The van der Waals surface area contributed by atoms with Gasteiger partial charge in [-0.15, -0.1) is 0 Å². The number of alkyl halides is 6. The van der Waals surface area contributed by atoms with E-state index < -0.39 is 35.7 Å². The first-order valence-corrected chi connectivity index (χ1v) is 17.4. The van der Waals surface area contributed by atoms with Crippen molar-refractivity contribution in [1.29, 1.82) is 0 Å². The Morgan fingerprint density at radius 1 is 0.531 bits per heavy atom. The first-order valence-electron chi connectivity index (χ1n) is 17.4. The molecule has 2 aliphatic carbocycles. The van der Waals surface area contributed by atoms with E-state index in [1.54, 1.807) is 50.2 Å². The molecule has 0 heterocycles. The largest absolute Gasteiger partial charge is 0.490 e. The van der Waals surface area contributed by atoms with Crippen molar-refractivity contribution in [1.82, 2.24) is 0 Å². The fourth-order valence-electron chi connectivity index (χ4n) is 7.44. The molecule has 49 heavy (non-hydrogen) atoms. The Morgan fingerprint density at radius 3 is 1.22 bits per heavy atom. The van der Waals surface area contributed by atoms with E-state index in [-0.39, 0.29) is 34.5 Å². The lowest BCUT2D eigenvalue weighted by atomic mass is 9.89. The maximum atomic E-state index is 14.6. The summed E-state index contributed by atoms with van der Waals surface area (Å²) in [5, 5.41) is 0.900. The Labute approximate surface area is 283 Å². The highest BCUT2D eigenvalue weighted by Crippen LogP contribution is 2.45. The summed E-state index contributed by atoms with van der Waals surface area (Å²) in [6, 6.07) is 15.8. The van der Waals surface area contributed by atoms with Gasteiger partial charge >= 0.3 is 12.4 Å². The second-order valence-electron chi connectivity index (χ2n) is 14.3. The van der Waals surface area contributed by atoms with E-state index in [9.17, 15) is 26.3 Å². The molecular weight excluding hydrogens is 642 g/mol. The highest BCUT2D eigenvalue weighted by Gasteiger charge is 2.39. The van der Waals surface area contributed by atoms with Gasteiger partial charge in [0.2, 0.25) is 0 Å². The SMILES string of the molecule is CC1CCC(Oc2ccc3ccc(C(C)OC(C)c4ccc5ccc(OC6CCC(C)CC6)c(C(F)(F)F)c5c4)cc3c2C(F)(F)F)CC1. The Balaban J connectivity index is 1.27. The lowest BCUT2D eigenvalue weighted by Crippen LogP contribution is -2.24. The fraction of sp³-hybridized carbons (Fsp3) is 0.500. The first-order chi connectivity index (χ1) is 23.2. The molecule has 264 valence electrons. The zero-order valence-electron chi connectivity index (χ0n) is 28.4. The summed E-state index contributed by atoms with van der Waals surface area (Å²) >= 11 is 0. The summed E-state index contributed by atoms with van der Waals surface area (Å²) in [5.74, 6) is 0.731. The average Bonchev–Trinajstić information content (AvgIpc) is 3.04. The zero-order valence-corrected chi connectivity index (χ0v) is 28.4. The normalized spacial score (nSPS) is 23.4. The van der Waals surface area contributed by atoms with E-state index in [1.165, 1.54) is 24.3 Å². The summed E-state index contributed by atoms with van der Waals surface area (Å²) in [6.07, 6.45) is -4.62. The predicted molar refractivity (Wildman–Crippen MR) is 180 cm³/mol. The van der Waals surface area contributed by atoms with Crippen LogP contribution in [0.2, 0.25) is 0 Å². The van der Waals surface area contributed by atoms with Gasteiger partial charge in [-0.1, -0.05) is 50.2 Å². The van der Waals surface area contributed by atoms with Crippen molar-refractivity contribution < 1.29 is 40.6 Å². The van der Waals surface area contributed by atoms with Crippen LogP contribution in [0.1, 0.15) is 114 Å². The molecular formula is C40H44F6O3. The van der Waals surface area contributed by atoms with Crippen LogP contribution in [-0.4, -0.2) is 12.2 Å². The maximum absolute atomic E-state index is 14.6. The fourth-order valence-corrected chi connectivity index (χ4v) is 7.44. The number of benzene rings is 4. The molecule has 0 N–H and O–H groups in total. The Morgan fingerprint density at radius 2 is 0.878 bits per heavy atom. The van der Waals surface area contributed by atoms with Gasteiger partial charge in [0.25, 0.3) is 0 Å². The number of hydrogen-bond acceptors (Lipinski definition) is 3. The van der Waals surface area contributed by atoms with E-state index in [1.807, 2.05) is 0 Å². The van der Waals surface area contributed by atoms with Gasteiger partial charge in [-0.2, -0.15) is 26.3 Å². The highest BCUT2D eigenvalue weighted by molar-refractivity contribution is 5.90. The molecule has 6 rings (SSSR count). The molecule has 2 aliphatic rings. The number of ether oxygens (including phenoxy) is 3. The molecule has 2 atom stereocenters. The van der Waals surface area contributed by atoms with Gasteiger partial charge in [-0.05, 0) is 134 Å². The van der Waals surface area contributed by atoms with E-state index in [0.29, 0.717) is 59.4 Å². The smallest absolute Gasteiger partial charge is 0.420 e. The number of rotatable bonds is 8. The van der Waals surface area contributed by atoms with Crippen LogP contribution in [0, 0.1) is 11.8 Å². The average molecular weight is 687 g/mol. The van der Waals surface area contributed by atoms with Crippen LogP contribution in [-0.2, 0) is 17.1 Å². The number of fused-ring (bicyclic) bond motifs is 2. The summed E-state index contributed by atoms with van der Waals surface area (Å²) in [7, 11) is 0. The zero-order chi connectivity index (χ0) is 35.1. The van der Waals surface area contributed by atoms with Crippen molar-refractivity contribution in [2.75, 3.05) is 0 Å². The van der Waals surface area contributed by atoms with Gasteiger partial charge in [0.1, 0.15) is 22.6 Å². The van der Waals surface area contributed by atoms with Crippen LogP contribution >= 0.6 is 0 Å². The molecule has 2 unspecified atom stereocenters. The van der Waals surface area contributed by atoms with Gasteiger partial charge in [-0.3, -0.25) is 0 Å². The second kappa shape index (κ2) is 14.0. The summed E-state index contributed by atoms with van der Waals surface area (Å²) in [5.41, 5.74) is -0.577. The third-order valence-corrected chi connectivity index (χ3v) is 10.4. The Bertz CT molecular complexity index is 1640. The predicted octanol–water partition coefficient (Wildman–Crippen LogP) is 12.8. The van der Waals surface area contributed by atoms with Crippen LogP contribution in [0.4, 0.5) is 26.3 Å². The molecule has 4 aromatic carbocycles. The molecule has 4 aromatic rings.